The third-order valence-electron chi connectivity index (χ3n) is 7.95. The Morgan fingerprint density at radius 1 is 0.980 bits per heavy atom. The van der Waals surface area contributed by atoms with Crippen molar-refractivity contribution in [1.29, 1.82) is 0 Å². The number of furan rings is 1. The number of anilines is 1. The molecule has 4 aromatic heterocycles. The van der Waals surface area contributed by atoms with E-state index in [1.807, 2.05) is 39.5 Å². The Balaban J connectivity index is 1.18. The molecular formula is C37H32FN7O4. The minimum absolute atomic E-state index is 0.0575. The van der Waals surface area contributed by atoms with Crippen LogP contribution in [-0.2, 0) is 20.6 Å². The van der Waals surface area contributed by atoms with E-state index in [9.17, 15) is 14.0 Å². The lowest BCUT2D eigenvalue weighted by atomic mass is 9.98. The van der Waals surface area contributed by atoms with E-state index in [2.05, 4.69) is 32.4 Å². The maximum Gasteiger partial charge on any atom is 0.284 e. The van der Waals surface area contributed by atoms with Crippen molar-refractivity contribution in [3.05, 3.63) is 131 Å². The summed E-state index contributed by atoms with van der Waals surface area (Å²) in [5.41, 5.74) is 4.48. The molecular weight excluding hydrogens is 625 g/mol. The number of hydrogen-bond donors (Lipinski definition) is 1. The molecule has 0 fully saturated rings. The van der Waals surface area contributed by atoms with Gasteiger partial charge in [-0.2, -0.15) is 5.10 Å². The van der Waals surface area contributed by atoms with Crippen molar-refractivity contribution in [3.63, 3.8) is 0 Å². The van der Waals surface area contributed by atoms with Gasteiger partial charge in [-0.3, -0.25) is 19.0 Å². The highest BCUT2D eigenvalue weighted by atomic mass is 19.1. The quantitative estimate of drug-likeness (QED) is 0.186. The summed E-state index contributed by atoms with van der Waals surface area (Å²) >= 11 is 0. The van der Waals surface area contributed by atoms with Crippen molar-refractivity contribution in [2.75, 3.05) is 19.4 Å². The average Bonchev–Trinajstić information content (AvgIpc) is 3.77. The molecule has 0 saturated carbocycles. The maximum atomic E-state index is 13.4. The van der Waals surface area contributed by atoms with Gasteiger partial charge >= 0.3 is 0 Å². The van der Waals surface area contributed by atoms with Gasteiger partial charge in [-0.1, -0.05) is 18.2 Å². The van der Waals surface area contributed by atoms with E-state index in [0.29, 0.717) is 39.7 Å². The fourth-order valence-electron chi connectivity index (χ4n) is 5.81. The molecule has 0 saturated heterocycles. The number of pyridine rings is 1. The molecule has 0 atom stereocenters. The van der Waals surface area contributed by atoms with Gasteiger partial charge in [0.1, 0.15) is 28.6 Å². The molecule has 0 aliphatic rings. The van der Waals surface area contributed by atoms with Gasteiger partial charge in [0.25, 0.3) is 11.5 Å². The molecule has 1 amide bonds. The number of nitrogens with one attached hydrogen (secondary N) is 1. The number of carbonyl (C=O) groups is 1. The molecule has 49 heavy (non-hydrogen) atoms. The second kappa shape index (κ2) is 12.7. The molecule has 0 spiro atoms. The zero-order valence-corrected chi connectivity index (χ0v) is 27.2. The Kier molecular flexibility index (Phi) is 8.14. The number of nitrogens with zero attached hydrogens (tertiary/aromatic N) is 6. The summed E-state index contributed by atoms with van der Waals surface area (Å²) in [5.74, 6) is 0.689. The van der Waals surface area contributed by atoms with Gasteiger partial charge in [0.2, 0.25) is 5.71 Å². The lowest BCUT2D eigenvalue weighted by molar-refractivity contribution is 0.102. The summed E-state index contributed by atoms with van der Waals surface area (Å²) in [6.07, 6.45) is 6.72. The van der Waals surface area contributed by atoms with Crippen molar-refractivity contribution in [3.8, 4) is 39.6 Å². The monoisotopic (exact) mass is 657 g/mol. The smallest absolute Gasteiger partial charge is 0.284 e. The maximum absolute atomic E-state index is 13.4. The molecule has 0 bridgehead atoms. The normalized spacial score (nSPS) is 11.4. The minimum atomic E-state index is -0.576. The number of ether oxygens (including phenoxy) is 1. The highest BCUT2D eigenvalue weighted by Gasteiger charge is 2.24. The molecule has 12 heteroatoms. The first-order chi connectivity index (χ1) is 23.6. The highest BCUT2D eigenvalue weighted by molar-refractivity contribution is 6.05. The predicted molar refractivity (Wildman–Crippen MR) is 184 cm³/mol. The molecule has 0 radical (unpaired) electrons. The van der Waals surface area contributed by atoms with Crippen LogP contribution in [0.3, 0.4) is 0 Å². The van der Waals surface area contributed by atoms with E-state index < -0.39 is 17.3 Å². The second-order valence-electron chi connectivity index (χ2n) is 11.9. The van der Waals surface area contributed by atoms with Crippen molar-refractivity contribution in [1.82, 2.24) is 29.0 Å². The van der Waals surface area contributed by atoms with Gasteiger partial charge in [0.05, 0.1) is 22.8 Å². The topological polar surface area (TPSA) is 112 Å². The lowest BCUT2D eigenvalue weighted by Gasteiger charge is -2.12. The van der Waals surface area contributed by atoms with Gasteiger partial charge in [-0.25, -0.2) is 14.1 Å². The standard InChI is InChI=1S/C37H32FN7O4/c1-42(2)20-23-6-5-7-24(18-23)32-33-31(16-17-39-36(33)49-34(32)25-19-40-43(3)21-25)48-29-14-10-27(11-15-29)41-35(46)30-22-44(4)45(37(30)47)28-12-8-26(38)9-13-28/h5-19,21-22H,20H2,1-4H3,(H,41,46). The first-order valence-corrected chi connectivity index (χ1v) is 15.4. The number of rotatable bonds is 9. The van der Waals surface area contributed by atoms with Gasteiger partial charge in [-0.05, 0) is 79.8 Å². The van der Waals surface area contributed by atoms with E-state index in [1.54, 1.807) is 54.5 Å². The van der Waals surface area contributed by atoms with Crippen molar-refractivity contribution >= 4 is 22.7 Å². The zero-order chi connectivity index (χ0) is 34.2. The van der Waals surface area contributed by atoms with Gasteiger partial charge < -0.3 is 19.4 Å². The number of hydrogen-bond acceptors (Lipinski definition) is 7. The van der Waals surface area contributed by atoms with E-state index in [0.717, 1.165) is 28.8 Å². The SMILES string of the molecule is CN(C)Cc1cccc(-c2c(-c3cnn(C)c3)oc3nccc(Oc4ccc(NC(=O)c5cn(C)n(-c6ccc(F)cc6)c5=O)cc4)c23)c1. The number of aromatic nitrogens is 5. The van der Waals surface area contributed by atoms with Crippen LogP contribution in [0.4, 0.5) is 10.1 Å². The molecule has 7 aromatic rings. The number of halogens is 1. The van der Waals surface area contributed by atoms with Crippen LogP contribution >= 0.6 is 0 Å². The van der Waals surface area contributed by atoms with E-state index in [-0.39, 0.29) is 5.56 Å². The summed E-state index contributed by atoms with van der Waals surface area (Å²) in [6, 6.07) is 22.4. The Morgan fingerprint density at radius 3 is 2.47 bits per heavy atom. The summed E-state index contributed by atoms with van der Waals surface area (Å²) in [4.78, 5) is 32.9. The van der Waals surface area contributed by atoms with Crippen LogP contribution < -0.4 is 15.6 Å². The molecule has 7 rings (SSSR count). The third kappa shape index (κ3) is 6.24. The average molecular weight is 658 g/mol. The lowest BCUT2D eigenvalue weighted by Crippen LogP contribution is -2.25. The fourth-order valence-corrected chi connectivity index (χ4v) is 5.81. The van der Waals surface area contributed by atoms with E-state index in [4.69, 9.17) is 9.15 Å². The van der Waals surface area contributed by atoms with Crippen molar-refractivity contribution in [2.45, 2.75) is 6.54 Å². The minimum Gasteiger partial charge on any atom is -0.456 e. The molecule has 0 aliphatic carbocycles. The van der Waals surface area contributed by atoms with Crippen molar-refractivity contribution in [2.24, 2.45) is 14.1 Å². The molecule has 1 N–H and O–H groups in total. The highest BCUT2D eigenvalue weighted by Crippen LogP contribution is 2.45. The molecule has 0 unspecified atom stereocenters. The van der Waals surface area contributed by atoms with Crippen LogP contribution in [0, 0.1) is 5.82 Å². The van der Waals surface area contributed by atoms with Gasteiger partial charge in [-0.15, -0.1) is 0 Å². The fraction of sp³-hybridized carbons (Fsp3) is 0.135. The molecule has 4 heterocycles. The first-order valence-electron chi connectivity index (χ1n) is 15.4. The van der Waals surface area contributed by atoms with Gasteiger partial charge in [0.15, 0.2) is 0 Å². The van der Waals surface area contributed by atoms with Crippen LogP contribution in [0.5, 0.6) is 11.5 Å². The van der Waals surface area contributed by atoms with E-state index in [1.165, 1.54) is 39.8 Å². The second-order valence-corrected chi connectivity index (χ2v) is 11.9. The summed E-state index contributed by atoms with van der Waals surface area (Å²) < 4.78 is 30.7. The number of amides is 1. The number of benzene rings is 3. The van der Waals surface area contributed by atoms with Crippen LogP contribution in [0.1, 0.15) is 15.9 Å². The van der Waals surface area contributed by atoms with E-state index >= 15 is 0 Å². The Bertz CT molecular complexity index is 2370. The number of aryl methyl sites for hydroxylation is 2. The molecule has 11 nitrogen and oxygen atoms in total. The first kappa shape index (κ1) is 31.3. The van der Waals surface area contributed by atoms with Crippen LogP contribution in [0.25, 0.3) is 39.2 Å². The summed E-state index contributed by atoms with van der Waals surface area (Å²) in [7, 11) is 7.55. The van der Waals surface area contributed by atoms with Crippen LogP contribution in [-0.4, -0.2) is 49.0 Å². The summed E-state index contributed by atoms with van der Waals surface area (Å²) in [5, 5.41) is 7.84. The Hall–Kier alpha value is -6.27. The van der Waals surface area contributed by atoms with Crippen LogP contribution in [0.2, 0.25) is 0 Å². The predicted octanol–water partition coefficient (Wildman–Crippen LogP) is 6.63. The van der Waals surface area contributed by atoms with Crippen LogP contribution in [0.15, 0.2) is 113 Å². The molecule has 0 aliphatic heterocycles. The van der Waals surface area contributed by atoms with Gasteiger partial charge in [0, 0.05) is 56.5 Å². The number of carbonyl (C=O) groups excluding carboxylic acids is 1. The Morgan fingerprint density at radius 2 is 1.76 bits per heavy atom. The van der Waals surface area contributed by atoms with Crippen molar-refractivity contribution < 1.29 is 18.3 Å². The molecule has 246 valence electrons. The summed E-state index contributed by atoms with van der Waals surface area (Å²) in [6.45, 7) is 0.769. The zero-order valence-electron chi connectivity index (χ0n) is 27.2. The number of fused-ring (bicyclic) bond motifs is 1. The molecule has 3 aromatic carbocycles. The largest absolute Gasteiger partial charge is 0.456 e. The Labute approximate surface area is 280 Å². The third-order valence-corrected chi connectivity index (χ3v) is 7.95.